The minimum atomic E-state index is -0.00799. The van der Waals surface area contributed by atoms with Crippen molar-refractivity contribution >= 4 is 0 Å². The SMILES string of the molecule is C=C(C=CC(=C)Cn1ccccc1=O)CC. The van der Waals surface area contributed by atoms with Crippen LogP contribution in [0.3, 0.4) is 0 Å². The Bertz CT molecular complexity index is 466. The molecule has 0 radical (unpaired) electrons. The van der Waals surface area contributed by atoms with Crippen LogP contribution in [0.4, 0.5) is 0 Å². The zero-order valence-corrected chi connectivity index (χ0v) is 9.65. The summed E-state index contributed by atoms with van der Waals surface area (Å²) >= 11 is 0. The molecule has 0 saturated heterocycles. The zero-order valence-electron chi connectivity index (χ0n) is 9.65. The van der Waals surface area contributed by atoms with Crippen molar-refractivity contribution in [2.45, 2.75) is 19.9 Å². The lowest BCUT2D eigenvalue weighted by molar-refractivity contribution is 0.760. The molecule has 0 N–H and O–H groups in total. The summed E-state index contributed by atoms with van der Waals surface area (Å²) in [6.07, 6.45) is 6.53. The molecular weight excluding hydrogens is 198 g/mol. The van der Waals surface area contributed by atoms with E-state index in [1.807, 2.05) is 18.2 Å². The molecule has 0 bridgehead atoms. The Morgan fingerprint density at radius 2 is 2.00 bits per heavy atom. The van der Waals surface area contributed by atoms with E-state index in [0.717, 1.165) is 17.6 Å². The highest BCUT2D eigenvalue weighted by Crippen LogP contribution is 2.03. The molecule has 0 spiro atoms. The van der Waals surface area contributed by atoms with Gasteiger partial charge < -0.3 is 4.57 Å². The highest BCUT2D eigenvalue weighted by atomic mass is 16.1. The topological polar surface area (TPSA) is 22.0 Å². The van der Waals surface area contributed by atoms with Crippen LogP contribution >= 0.6 is 0 Å². The smallest absolute Gasteiger partial charge is 0.250 e. The van der Waals surface area contributed by atoms with Crippen LogP contribution in [0.25, 0.3) is 0 Å². The molecule has 1 heterocycles. The molecule has 1 aromatic heterocycles. The summed E-state index contributed by atoms with van der Waals surface area (Å²) in [6, 6.07) is 5.11. The van der Waals surface area contributed by atoms with Gasteiger partial charge in [0.25, 0.3) is 5.56 Å². The van der Waals surface area contributed by atoms with Crippen molar-refractivity contribution in [1.29, 1.82) is 0 Å². The quantitative estimate of drug-likeness (QED) is 0.692. The van der Waals surface area contributed by atoms with Gasteiger partial charge in [0.05, 0.1) is 0 Å². The maximum absolute atomic E-state index is 11.4. The molecule has 2 heteroatoms. The lowest BCUT2D eigenvalue weighted by Crippen LogP contribution is -2.18. The van der Waals surface area contributed by atoms with Gasteiger partial charge in [0.2, 0.25) is 0 Å². The predicted molar refractivity (Wildman–Crippen MR) is 68.4 cm³/mol. The zero-order chi connectivity index (χ0) is 12.0. The van der Waals surface area contributed by atoms with E-state index in [2.05, 4.69) is 20.1 Å². The molecular formula is C14H17NO. The number of hydrogen-bond donors (Lipinski definition) is 0. The van der Waals surface area contributed by atoms with Crippen molar-refractivity contribution < 1.29 is 0 Å². The van der Waals surface area contributed by atoms with Gasteiger partial charge in [-0.3, -0.25) is 4.79 Å². The average Bonchev–Trinajstić information content (AvgIpc) is 2.29. The lowest BCUT2D eigenvalue weighted by atomic mass is 10.2. The first-order chi connectivity index (χ1) is 7.63. The molecule has 0 amide bonds. The molecule has 0 aromatic carbocycles. The van der Waals surface area contributed by atoms with Gasteiger partial charge >= 0.3 is 0 Å². The van der Waals surface area contributed by atoms with E-state index in [4.69, 9.17) is 0 Å². The van der Waals surface area contributed by atoms with E-state index in [9.17, 15) is 4.79 Å². The van der Waals surface area contributed by atoms with Crippen LogP contribution in [-0.4, -0.2) is 4.57 Å². The Hall–Kier alpha value is -1.83. The van der Waals surface area contributed by atoms with Crippen molar-refractivity contribution in [3.63, 3.8) is 0 Å². The monoisotopic (exact) mass is 215 g/mol. The first-order valence-electron chi connectivity index (χ1n) is 5.32. The maximum Gasteiger partial charge on any atom is 0.250 e. The Kier molecular flexibility index (Phi) is 4.52. The molecule has 1 rings (SSSR count). The summed E-state index contributed by atoms with van der Waals surface area (Å²) in [5.74, 6) is 0. The number of nitrogens with zero attached hydrogens (tertiary/aromatic N) is 1. The second kappa shape index (κ2) is 5.91. The Morgan fingerprint density at radius 3 is 2.62 bits per heavy atom. The van der Waals surface area contributed by atoms with E-state index in [1.54, 1.807) is 22.9 Å². The van der Waals surface area contributed by atoms with Crippen LogP contribution in [0.1, 0.15) is 13.3 Å². The number of rotatable bonds is 5. The average molecular weight is 215 g/mol. The summed E-state index contributed by atoms with van der Waals surface area (Å²) in [5, 5.41) is 0. The fourth-order valence-corrected chi connectivity index (χ4v) is 1.22. The molecule has 1 aromatic rings. The van der Waals surface area contributed by atoms with E-state index >= 15 is 0 Å². The fraction of sp³-hybridized carbons (Fsp3) is 0.214. The van der Waals surface area contributed by atoms with Gasteiger partial charge in [-0.2, -0.15) is 0 Å². The highest BCUT2D eigenvalue weighted by molar-refractivity contribution is 5.24. The number of pyridine rings is 1. The highest BCUT2D eigenvalue weighted by Gasteiger charge is 1.94. The molecule has 0 atom stereocenters. The van der Waals surface area contributed by atoms with Gasteiger partial charge in [0, 0.05) is 18.8 Å². The summed E-state index contributed by atoms with van der Waals surface area (Å²) in [7, 11) is 0. The van der Waals surface area contributed by atoms with Crippen LogP contribution < -0.4 is 5.56 Å². The van der Waals surface area contributed by atoms with E-state index in [0.29, 0.717) is 6.54 Å². The minimum absolute atomic E-state index is 0.00799. The third kappa shape index (κ3) is 3.73. The maximum atomic E-state index is 11.4. The molecule has 84 valence electrons. The van der Waals surface area contributed by atoms with Gasteiger partial charge in [0.1, 0.15) is 0 Å². The third-order valence-electron chi connectivity index (χ3n) is 2.28. The second-order valence-electron chi connectivity index (χ2n) is 3.67. The lowest BCUT2D eigenvalue weighted by Gasteiger charge is -2.04. The molecule has 0 aliphatic rings. The molecule has 2 nitrogen and oxygen atoms in total. The number of allylic oxidation sites excluding steroid dienone is 4. The van der Waals surface area contributed by atoms with Crippen LogP contribution in [-0.2, 0) is 6.54 Å². The summed E-state index contributed by atoms with van der Waals surface area (Å²) in [4.78, 5) is 11.4. The summed E-state index contributed by atoms with van der Waals surface area (Å²) in [5.41, 5.74) is 1.94. The van der Waals surface area contributed by atoms with Crippen LogP contribution in [0.15, 0.2) is 65.6 Å². The van der Waals surface area contributed by atoms with Crippen molar-refractivity contribution in [2.75, 3.05) is 0 Å². The van der Waals surface area contributed by atoms with Gasteiger partial charge in [-0.1, -0.05) is 43.9 Å². The minimum Gasteiger partial charge on any atom is -0.311 e. The predicted octanol–water partition coefficient (Wildman–Crippen LogP) is 2.93. The first kappa shape index (κ1) is 12.2. The van der Waals surface area contributed by atoms with E-state index < -0.39 is 0 Å². The van der Waals surface area contributed by atoms with Crippen molar-refractivity contribution in [3.8, 4) is 0 Å². The Balaban J connectivity index is 2.66. The number of aromatic nitrogens is 1. The largest absolute Gasteiger partial charge is 0.311 e. The van der Waals surface area contributed by atoms with Crippen LogP contribution in [0.2, 0.25) is 0 Å². The van der Waals surface area contributed by atoms with Gasteiger partial charge in [0.15, 0.2) is 0 Å². The second-order valence-corrected chi connectivity index (χ2v) is 3.67. The molecule has 0 saturated carbocycles. The Labute approximate surface area is 96.2 Å². The van der Waals surface area contributed by atoms with Crippen molar-refractivity contribution in [1.82, 2.24) is 4.57 Å². The van der Waals surface area contributed by atoms with Crippen LogP contribution in [0, 0.1) is 0 Å². The molecule has 16 heavy (non-hydrogen) atoms. The van der Waals surface area contributed by atoms with Gasteiger partial charge in [-0.25, -0.2) is 0 Å². The normalized spacial score (nSPS) is 10.6. The first-order valence-corrected chi connectivity index (χ1v) is 5.32. The van der Waals surface area contributed by atoms with Gasteiger partial charge in [-0.15, -0.1) is 0 Å². The fourth-order valence-electron chi connectivity index (χ4n) is 1.22. The van der Waals surface area contributed by atoms with Crippen molar-refractivity contribution in [3.05, 3.63) is 71.2 Å². The van der Waals surface area contributed by atoms with E-state index in [1.165, 1.54) is 0 Å². The molecule has 0 unspecified atom stereocenters. The third-order valence-corrected chi connectivity index (χ3v) is 2.28. The summed E-state index contributed by atoms with van der Waals surface area (Å²) in [6.45, 7) is 10.4. The van der Waals surface area contributed by atoms with Crippen LogP contribution in [0.5, 0.6) is 0 Å². The summed E-state index contributed by atoms with van der Waals surface area (Å²) < 4.78 is 1.63. The molecule has 0 aliphatic carbocycles. The number of hydrogen-bond acceptors (Lipinski definition) is 1. The standard InChI is InChI=1S/C14H17NO/c1-4-12(2)8-9-13(3)11-15-10-6-5-7-14(15)16/h5-10H,2-4,11H2,1H3. The van der Waals surface area contributed by atoms with E-state index in [-0.39, 0.29) is 5.56 Å². The Morgan fingerprint density at radius 1 is 1.31 bits per heavy atom. The molecule has 0 aliphatic heterocycles. The van der Waals surface area contributed by atoms with Gasteiger partial charge in [-0.05, 0) is 18.1 Å². The molecule has 0 fully saturated rings. The van der Waals surface area contributed by atoms with Crippen molar-refractivity contribution in [2.24, 2.45) is 0 Å².